The monoisotopic (exact) mass is 229 g/mol. The van der Waals surface area contributed by atoms with E-state index >= 15 is 0 Å². The first kappa shape index (κ1) is 10.7. The van der Waals surface area contributed by atoms with Crippen LogP contribution in [0.25, 0.3) is 0 Å². The summed E-state index contributed by atoms with van der Waals surface area (Å²) >= 11 is 5.62. The molecule has 0 radical (unpaired) electrons. The molecule has 84 valence electrons. The second-order valence-electron chi connectivity index (χ2n) is 3.82. The lowest BCUT2D eigenvalue weighted by molar-refractivity contribution is 0.489. The van der Waals surface area contributed by atoms with E-state index in [1.807, 2.05) is 0 Å². The standard InChI is InChI=1S/C10H16ClN3O/c11-6-5-9-12-13-10(15-9)14-7-3-1-2-4-8-14/h1-8H2. The first-order valence-corrected chi connectivity index (χ1v) is 6.07. The number of aryl methyl sites for hydroxylation is 1. The molecular formula is C10H16ClN3O. The van der Waals surface area contributed by atoms with Gasteiger partial charge in [-0.3, -0.25) is 0 Å². The molecule has 1 aromatic heterocycles. The third kappa shape index (κ3) is 2.84. The number of halogens is 1. The average Bonchev–Trinajstić information content (AvgIpc) is 2.53. The van der Waals surface area contributed by atoms with Crippen LogP contribution in [0.3, 0.4) is 0 Å². The zero-order valence-electron chi connectivity index (χ0n) is 8.78. The van der Waals surface area contributed by atoms with Gasteiger partial charge < -0.3 is 9.32 Å². The summed E-state index contributed by atoms with van der Waals surface area (Å²) in [6, 6.07) is 0.664. The Bertz CT molecular complexity index is 295. The maximum Gasteiger partial charge on any atom is 0.318 e. The van der Waals surface area contributed by atoms with Crippen LogP contribution in [-0.4, -0.2) is 29.2 Å². The highest BCUT2D eigenvalue weighted by Crippen LogP contribution is 2.18. The number of alkyl halides is 1. The molecule has 1 aromatic rings. The molecule has 1 fully saturated rings. The molecule has 1 aliphatic heterocycles. The van der Waals surface area contributed by atoms with E-state index in [4.69, 9.17) is 16.0 Å². The largest absolute Gasteiger partial charge is 0.408 e. The molecule has 2 heterocycles. The number of nitrogens with zero attached hydrogens (tertiary/aromatic N) is 3. The van der Waals surface area contributed by atoms with E-state index in [0.29, 0.717) is 24.2 Å². The van der Waals surface area contributed by atoms with Crippen LogP contribution in [0.1, 0.15) is 31.6 Å². The van der Waals surface area contributed by atoms with Crippen LogP contribution >= 0.6 is 11.6 Å². The molecule has 0 aliphatic carbocycles. The maximum atomic E-state index is 5.62. The highest BCUT2D eigenvalue weighted by molar-refractivity contribution is 6.17. The van der Waals surface area contributed by atoms with Crippen molar-refractivity contribution in [1.29, 1.82) is 0 Å². The summed E-state index contributed by atoms with van der Waals surface area (Å²) in [5.41, 5.74) is 0. The van der Waals surface area contributed by atoms with Gasteiger partial charge in [0.15, 0.2) is 0 Å². The number of hydrogen-bond acceptors (Lipinski definition) is 4. The third-order valence-electron chi connectivity index (χ3n) is 2.64. The topological polar surface area (TPSA) is 42.2 Å². The van der Waals surface area contributed by atoms with Crippen LogP contribution in [0.15, 0.2) is 4.42 Å². The smallest absolute Gasteiger partial charge is 0.318 e. The van der Waals surface area contributed by atoms with Crippen LogP contribution in [0, 0.1) is 0 Å². The van der Waals surface area contributed by atoms with Gasteiger partial charge in [0.1, 0.15) is 0 Å². The molecule has 1 saturated heterocycles. The van der Waals surface area contributed by atoms with Crippen molar-refractivity contribution >= 4 is 17.6 Å². The lowest BCUT2D eigenvalue weighted by Crippen LogP contribution is -2.24. The quantitative estimate of drug-likeness (QED) is 0.746. The van der Waals surface area contributed by atoms with Crippen molar-refractivity contribution in [3.8, 4) is 0 Å². The van der Waals surface area contributed by atoms with Gasteiger partial charge in [-0.2, -0.15) is 0 Å². The molecule has 0 unspecified atom stereocenters. The SMILES string of the molecule is ClCCc1nnc(N2CCCCCC2)o1. The molecule has 0 atom stereocenters. The molecular weight excluding hydrogens is 214 g/mol. The van der Waals surface area contributed by atoms with Crippen molar-refractivity contribution in [2.24, 2.45) is 0 Å². The van der Waals surface area contributed by atoms with Gasteiger partial charge in [0, 0.05) is 25.4 Å². The Morgan fingerprint density at radius 3 is 2.53 bits per heavy atom. The second kappa shape index (κ2) is 5.35. The summed E-state index contributed by atoms with van der Waals surface area (Å²) in [5, 5.41) is 8.02. The first-order chi connectivity index (χ1) is 7.40. The Hall–Kier alpha value is -0.770. The Morgan fingerprint density at radius 2 is 1.87 bits per heavy atom. The number of aromatic nitrogens is 2. The Labute approximate surface area is 94.6 Å². The van der Waals surface area contributed by atoms with Crippen molar-refractivity contribution in [3.05, 3.63) is 5.89 Å². The van der Waals surface area contributed by atoms with Crippen LogP contribution in [-0.2, 0) is 6.42 Å². The Morgan fingerprint density at radius 1 is 1.13 bits per heavy atom. The van der Waals surface area contributed by atoms with Crippen molar-refractivity contribution in [2.45, 2.75) is 32.1 Å². The molecule has 0 bridgehead atoms. The molecule has 1 aliphatic rings. The normalized spacial score (nSPS) is 17.8. The van der Waals surface area contributed by atoms with Crippen molar-refractivity contribution in [3.63, 3.8) is 0 Å². The fraction of sp³-hybridized carbons (Fsp3) is 0.800. The summed E-state index contributed by atoms with van der Waals surface area (Å²) < 4.78 is 5.54. The molecule has 0 spiro atoms. The maximum absolute atomic E-state index is 5.62. The van der Waals surface area contributed by atoms with Gasteiger partial charge in [0.2, 0.25) is 5.89 Å². The zero-order chi connectivity index (χ0) is 10.5. The van der Waals surface area contributed by atoms with Crippen LogP contribution in [0.5, 0.6) is 0 Å². The van der Waals surface area contributed by atoms with Crippen molar-refractivity contribution in [2.75, 3.05) is 23.9 Å². The van der Waals surface area contributed by atoms with E-state index in [0.717, 1.165) is 13.1 Å². The Kier molecular flexibility index (Phi) is 3.83. The highest BCUT2D eigenvalue weighted by atomic mass is 35.5. The van der Waals surface area contributed by atoms with E-state index in [9.17, 15) is 0 Å². The average molecular weight is 230 g/mol. The molecule has 4 nitrogen and oxygen atoms in total. The zero-order valence-corrected chi connectivity index (χ0v) is 9.54. The highest BCUT2D eigenvalue weighted by Gasteiger charge is 2.15. The van der Waals surface area contributed by atoms with Gasteiger partial charge in [0.05, 0.1) is 0 Å². The third-order valence-corrected chi connectivity index (χ3v) is 2.83. The molecule has 0 amide bonds. The lowest BCUT2D eigenvalue weighted by Gasteiger charge is -2.16. The number of hydrogen-bond donors (Lipinski definition) is 0. The fourth-order valence-corrected chi connectivity index (χ4v) is 1.98. The van der Waals surface area contributed by atoms with Crippen LogP contribution in [0.4, 0.5) is 6.01 Å². The molecule has 15 heavy (non-hydrogen) atoms. The van der Waals surface area contributed by atoms with Gasteiger partial charge in [-0.1, -0.05) is 17.9 Å². The van der Waals surface area contributed by atoms with Gasteiger partial charge in [0.25, 0.3) is 0 Å². The van der Waals surface area contributed by atoms with Gasteiger partial charge in [-0.05, 0) is 12.8 Å². The number of anilines is 1. The van der Waals surface area contributed by atoms with E-state index < -0.39 is 0 Å². The summed E-state index contributed by atoms with van der Waals surface area (Å²) in [6.07, 6.45) is 5.70. The predicted molar refractivity (Wildman–Crippen MR) is 59.4 cm³/mol. The van der Waals surface area contributed by atoms with Crippen LogP contribution in [0.2, 0.25) is 0 Å². The Balaban J connectivity index is 2.00. The minimum atomic E-state index is 0.529. The van der Waals surface area contributed by atoms with Gasteiger partial charge in [-0.15, -0.1) is 16.7 Å². The molecule has 5 heteroatoms. The fourth-order valence-electron chi connectivity index (χ4n) is 1.82. The molecule has 2 rings (SSSR count). The van der Waals surface area contributed by atoms with Gasteiger partial charge >= 0.3 is 6.01 Å². The lowest BCUT2D eigenvalue weighted by atomic mass is 10.2. The molecule has 0 aromatic carbocycles. The first-order valence-electron chi connectivity index (χ1n) is 5.53. The van der Waals surface area contributed by atoms with E-state index in [2.05, 4.69) is 15.1 Å². The van der Waals surface area contributed by atoms with E-state index in [1.54, 1.807) is 0 Å². The van der Waals surface area contributed by atoms with E-state index in [1.165, 1.54) is 25.7 Å². The van der Waals surface area contributed by atoms with E-state index in [-0.39, 0.29) is 0 Å². The van der Waals surface area contributed by atoms with Crippen molar-refractivity contribution < 1.29 is 4.42 Å². The van der Waals surface area contributed by atoms with Crippen LogP contribution < -0.4 is 4.90 Å². The summed E-state index contributed by atoms with van der Waals surface area (Å²) in [6.45, 7) is 2.06. The molecule has 0 saturated carbocycles. The summed E-state index contributed by atoms with van der Waals surface area (Å²) in [7, 11) is 0. The van der Waals surface area contributed by atoms with Crippen molar-refractivity contribution in [1.82, 2.24) is 10.2 Å². The predicted octanol–water partition coefficient (Wildman–Crippen LogP) is 2.23. The minimum absolute atomic E-state index is 0.529. The molecule has 0 N–H and O–H groups in total. The summed E-state index contributed by atoms with van der Waals surface area (Å²) in [5.74, 6) is 1.17. The summed E-state index contributed by atoms with van der Waals surface area (Å²) in [4.78, 5) is 2.18. The second-order valence-corrected chi connectivity index (χ2v) is 4.20. The van der Waals surface area contributed by atoms with Gasteiger partial charge in [-0.25, -0.2) is 0 Å². The minimum Gasteiger partial charge on any atom is -0.408 e. The number of rotatable bonds is 3.